The number of carbonyl (C=O) groups excluding carboxylic acids is 1. The third kappa shape index (κ3) is 4.35. The first-order valence-electron chi connectivity index (χ1n) is 6.72. The molecule has 1 heterocycles. The number of hydrogen-bond acceptors (Lipinski definition) is 3. The first-order chi connectivity index (χ1) is 9.56. The van der Waals surface area contributed by atoms with Crippen molar-refractivity contribution in [3.8, 4) is 0 Å². The Balaban J connectivity index is 1.83. The van der Waals surface area contributed by atoms with Gasteiger partial charge in [-0.1, -0.05) is 29.3 Å². The fraction of sp³-hybridized carbons (Fsp3) is 0.500. The molecule has 4 nitrogen and oxygen atoms in total. The molecule has 20 heavy (non-hydrogen) atoms. The van der Waals surface area contributed by atoms with E-state index < -0.39 is 0 Å². The number of halogens is 2. The van der Waals surface area contributed by atoms with Gasteiger partial charge in [-0.05, 0) is 38.6 Å². The summed E-state index contributed by atoms with van der Waals surface area (Å²) in [5.41, 5.74) is 0.552. The molecule has 2 rings (SSSR count). The minimum Gasteiger partial charge on any atom is -0.324 e. The monoisotopic (exact) mass is 315 g/mol. The number of nitrogens with zero attached hydrogens (tertiary/aromatic N) is 1. The quantitative estimate of drug-likeness (QED) is 0.878. The van der Waals surface area contributed by atoms with E-state index in [-0.39, 0.29) is 5.91 Å². The van der Waals surface area contributed by atoms with E-state index in [1.807, 2.05) is 11.9 Å². The Kier molecular flexibility index (Phi) is 5.66. The molecule has 1 aromatic rings. The van der Waals surface area contributed by atoms with Gasteiger partial charge in [0.05, 0.1) is 22.3 Å². The van der Waals surface area contributed by atoms with Gasteiger partial charge >= 0.3 is 0 Å². The molecule has 0 spiro atoms. The standard InChI is InChI=1S/C14H19Cl2N3O/c1-19(8-10-4-3-7-17-10)9-13(20)18-12-6-2-5-11(15)14(12)16/h2,5-6,10,17H,3-4,7-9H2,1H3,(H,18,20). The van der Waals surface area contributed by atoms with Gasteiger partial charge in [0, 0.05) is 12.6 Å². The molecule has 1 saturated heterocycles. The summed E-state index contributed by atoms with van der Waals surface area (Å²) < 4.78 is 0. The van der Waals surface area contributed by atoms with Crippen molar-refractivity contribution in [2.75, 3.05) is 32.0 Å². The minimum absolute atomic E-state index is 0.0883. The van der Waals surface area contributed by atoms with E-state index in [1.165, 1.54) is 12.8 Å². The molecule has 1 aromatic carbocycles. The van der Waals surface area contributed by atoms with Crippen LogP contribution in [0.4, 0.5) is 5.69 Å². The zero-order valence-electron chi connectivity index (χ0n) is 11.5. The van der Waals surface area contributed by atoms with Gasteiger partial charge in [-0.3, -0.25) is 9.69 Å². The van der Waals surface area contributed by atoms with E-state index in [4.69, 9.17) is 23.2 Å². The van der Waals surface area contributed by atoms with Crippen LogP contribution in [0, 0.1) is 0 Å². The Bertz CT molecular complexity index is 475. The molecule has 110 valence electrons. The number of benzene rings is 1. The zero-order chi connectivity index (χ0) is 14.5. The summed E-state index contributed by atoms with van der Waals surface area (Å²) >= 11 is 12.0. The molecule has 1 fully saturated rings. The molecule has 0 aliphatic carbocycles. The second-order valence-electron chi connectivity index (χ2n) is 5.14. The predicted octanol–water partition coefficient (Wildman–Crippen LogP) is 2.62. The van der Waals surface area contributed by atoms with Crippen molar-refractivity contribution in [3.63, 3.8) is 0 Å². The molecule has 1 aliphatic heterocycles. The SMILES string of the molecule is CN(CC(=O)Nc1cccc(Cl)c1Cl)CC1CCCN1. The van der Waals surface area contributed by atoms with Gasteiger partial charge in [-0.15, -0.1) is 0 Å². The van der Waals surface area contributed by atoms with Crippen LogP contribution in [0.1, 0.15) is 12.8 Å². The first kappa shape index (κ1) is 15.6. The molecule has 0 aromatic heterocycles. The lowest BCUT2D eigenvalue weighted by atomic mass is 10.2. The van der Waals surface area contributed by atoms with Crippen LogP contribution >= 0.6 is 23.2 Å². The van der Waals surface area contributed by atoms with Crippen LogP contribution in [0.25, 0.3) is 0 Å². The molecule has 0 saturated carbocycles. The smallest absolute Gasteiger partial charge is 0.238 e. The molecule has 1 amide bonds. The number of anilines is 1. The van der Waals surface area contributed by atoms with Crippen LogP contribution in [-0.4, -0.2) is 43.5 Å². The van der Waals surface area contributed by atoms with E-state index in [1.54, 1.807) is 18.2 Å². The maximum Gasteiger partial charge on any atom is 0.238 e. The van der Waals surface area contributed by atoms with Gasteiger partial charge < -0.3 is 10.6 Å². The number of nitrogens with one attached hydrogen (secondary N) is 2. The van der Waals surface area contributed by atoms with Crippen molar-refractivity contribution in [2.24, 2.45) is 0 Å². The highest BCUT2D eigenvalue weighted by Crippen LogP contribution is 2.29. The Morgan fingerprint density at radius 1 is 1.50 bits per heavy atom. The molecule has 1 atom stereocenters. The van der Waals surface area contributed by atoms with Crippen LogP contribution in [0.5, 0.6) is 0 Å². The van der Waals surface area contributed by atoms with Gasteiger partial charge in [0.15, 0.2) is 0 Å². The number of amides is 1. The summed E-state index contributed by atoms with van der Waals surface area (Å²) in [6.45, 7) is 2.28. The fourth-order valence-electron chi connectivity index (χ4n) is 2.39. The molecule has 2 N–H and O–H groups in total. The van der Waals surface area contributed by atoms with Gasteiger partial charge in [-0.25, -0.2) is 0 Å². The van der Waals surface area contributed by atoms with Crippen LogP contribution in [-0.2, 0) is 4.79 Å². The lowest BCUT2D eigenvalue weighted by Crippen LogP contribution is -2.39. The number of hydrogen-bond donors (Lipinski definition) is 2. The van der Waals surface area contributed by atoms with Crippen LogP contribution < -0.4 is 10.6 Å². The largest absolute Gasteiger partial charge is 0.324 e. The average molecular weight is 316 g/mol. The van der Waals surface area contributed by atoms with Crippen LogP contribution in [0.3, 0.4) is 0 Å². The Morgan fingerprint density at radius 3 is 3.00 bits per heavy atom. The van der Waals surface area contributed by atoms with Crippen molar-refractivity contribution in [1.82, 2.24) is 10.2 Å². The summed E-state index contributed by atoms with van der Waals surface area (Å²) in [5.74, 6) is -0.0883. The third-order valence-electron chi connectivity index (χ3n) is 3.33. The molecule has 0 radical (unpaired) electrons. The van der Waals surface area contributed by atoms with Gasteiger partial charge in [0.25, 0.3) is 0 Å². The molecular weight excluding hydrogens is 297 g/mol. The van der Waals surface area contributed by atoms with Crippen molar-refractivity contribution >= 4 is 34.8 Å². The van der Waals surface area contributed by atoms with Crippen molar-refractivity contribution < 1.29 is 4.79 Å². The zero-order valence-corrected chi connectivity index (χ0v) is 13.0. The molecular formula is C14H19Cl2N3O. The van der Waals surface area contributed by atoms with Crippen molar-refractivity contribution in [1.29, 1.82) is 0 Å². The highest BCUT2D eigenvalue weighted by atomic mass is 35.5. The second kappa shape index (κ2) is 7.27. The summed E-state index contributed by atoms with van der Waals surface area (Å²) in [7, 11) is 1.94. The predicted molar refractivity (Wildman–Crippen MR) is 83.6 cm³/mol. The maximum absolute atomic E-state index is 12.0. The summed E-state index contributed by atoms with van der Waals surface area (Å²) in [6.07, 6.45) is 2.38. The number of likely N-dealkylation sites (N-methyl/N-ethyl adjacent to an activating group) is 1. The van der Waals surface area contributed by atoms with E-state index >= 15 is 0 Å². The highest BCUT2D eigenvalue weighted by Gasteiger charge is 2.17. The highest BCUT2D eigenvalue weighted by molar-refractivity contribution is 6.43. The maximum atomic E-state index is 12.0. The van der Waals surface area contributed by atoms with Gasteiger partial charge in [-0.2, -0.15) is 0 Å². The van der Waals surface area contributed by atoms with Gasteiger partial charge in [0.1, 0.15) is 0 Å². The molecule has 6 heteroatoms. The normalized spacial score (nSPS) is 18.5. The summed E-state index contributed by atoms with van der Waals surface area (Å²) in [4.78, 5) is 14.0. The lowest BCUT2D eigenvalue weighted by molar-refractivity contribution is -0.117. The Hall–Kier alpha value is -0.810. The Labute approximate surface area is 129 Å². The average Bonchev–Trinajstić information content (AvgIpc) is 2.87. The molecule has 1 unspecified atom stereocenters. The van der Waals surface area contributed by atoms with Crippen LogP contribution in [0.2, 0.25) is 10.0 Å². The molecule has 1 aliphatic rings. The number of rotatable bonds is 5. The van der Waals surface area contributed by atoms with E-state index in [9.17, 15) is 4.79 Å². The Morgan fingerprint density at radius 2 is 2.30 bits per heavy atom. The minimum atomic E-state index is -0.0883. The number of carbonyl (C=O) groups is 1. The summed E-state index contributed by atoms with van der Waals surface area (Å²) in [6, 6.07) is 5.68. The van der Waals surface area contributed by atoms with E-state index in [0.29, 0.717) is 28.3 Å². The first-order valence-corrected chi connectivity index (χ1v) is 7.47. The second-order valence-corrected chi connectivity index (χ2v) is 5.92. The fourth-order valence-corrected chi connectivity index (χ4v) is 2.74. The molecule has 0 bridgehead atoms. The summed E-state index contributed by atoms with van der Waals surface area (Å²) in [5, 5.41) is 7.02. The third-order valence-corrected chi connectivity index (χ3v) is 4.15. The van der Waals surface area contributed by atoms with Crippen molar-refractivity contribution in [3.05, 3.63) is 28.2 Å². The van der Waals surface area contributed by atoms with Crippen LogP contribution in [0.15, 0.2) is 18.2 Å². The van der Waals surface area contributed by atoms with Crippen molar-refractivity contribution in [2.45, 2.75) is 18.9 Å². The van der Waals surface area contributed by atoms with E-state index in [0.717, 1.165) is 13.1 Å². The lowest BCUT2D eigenvalue weighted by Gasteiger charge is -2.20. The van der Waals surface area contributed by atoms with E-state index in [2.05, 4.69) is 10.6 Å². The van der Waals surface area contributed by atoms with Gasteiger partial charge in [0.2, 0.25) is 5.91 Å². The topological polar surface area (TPSA) is 44.4 Å².